The maximum Gasteiger partial charge on any atom is 0.321 e. The Morgan fingerprint density at radius 3 is 2.55 bits per heavy atom. The molecule has 0 atom stereocenters. The zero-order chi connectivity index (χ0) is 15.1. The van der Waals surface area contributed by atoms with E-state index in [9.17, 15) is 9.59 Å². The summed E-state index contributed by atoms with van der Waals surface area (Å²) in [6.45, 7) is 2.59. The van der Waals surface area contributed by atoms with Crippen LogP contribution < -0.4 is 5.32 Å². The second-order valence-electron chi connectivity index (χ2n) is 3.96. The van der Waals surface area contributed by atoms with E-state index < -0.39 is 0 Å². The number of hydrogen-bond acceptors (Lipinski definition) is 3. The summed E-state index contributed by atoms with van der Waals surface area (Å²) in [4.78, 5) is 24.6. The number of urea groups is 1. The number of esters is 1. The number of rotatable bonds is 5. The van der Waals surface area contributed by atoms with Gasteiger partial charge in [-0.3, -0.25) is 4.79 Å². The highest BCUT2D eigenvalue weighted by Gasteiger charge is 2.14. The molecule has 1 N–H and O–H groups in total. The Bertz CT molecular complexity index is 495. The lowest BCUT2D eigenvalue weighted by Gasteiger charge is -2.21. The van der Waals surface area contributed by atoms with E-state index in [2.05, 4.69) is 10.1 Å². The van der Waals surface area contributed by atoms with Crippen LogP contribution in [0.15, 0.2) is 18.2 Å². The van der Waals surface area contributed by atoms with E-state index in [0.29, 0.717) is 22.3 Å². The van der Waals surface area contributed by atoms with E-state index in [1.165, 1.54) is 12.0 Å². The van der Waals surface area contributed by atoms with Crippen LogP contribution in [0.4, 0.5) is 10.5 Å². The fourth-order valence-electron chi connectivity index (χ4n) is 1.51. The van der Waals surface area contributed by atoms with E-state index in [1.807, 2.05) is 6.92 Å². The van der Waals surface area contributed by atoms with Gasteiger partial charge in [-0.1, -0.05) is 23.2 Å². The molecule has 0 aliphatic rings. The van der Waals surface area contributed by atoms with Crippen molar-refractivity contribution in [3.05, 3.63) is 28.2 Å². The standard InChI is InChI=1S/C13H16Cl2N2O3/c1-3-17(7-6-12(18)20-2)13(19)16-9-4-5-10(14)11(15)8-9/h4-5,8H,3,6-7H2,1-2H3,(H,16,19). The van der Waals surface area contributed by atoms with Gasteiger partial charge in [0.15, 0.2) is 0 Å². The minimum absolute atomic E-state index is 0.152. The molecule has 2 amide bonds. The Morgan fingerprint density at radius 2 is 2.00 bits per heavy atom. The van der Waals surface area contributed by atoms with Crippen molar-refractivity contribution in [1.82, 2.24) is 4.90 Å². The number of ether oxygens (including phenoxy) is 1. The van der Waals surface area contributed by atoms with Gasteiger partial charge in [0.25, 0.3) is 0 Å². The van der Waals surface area contributed by atoms with Crippen LogP contribution in [-0.4, -0.2) is 37.1 Å². The Labute approximate surface area is 127 Å². The van der Waals surface area contributed by atoms with E-state index in [0.717, 1.165) is 0 Å². The third kappa shape index (κ3) is 4.90. The van der Waals surface area contributed by atoms with E-state index in [1.54, 1.807) is 18.2 Å². The van der Waals surface area contributed by atoms with Gasteiger partial charge in [0.05, 0.1) is 23.6 Å². The lowest BCUT2D eigenvalue weighted by Crippen LogP contribution is -2.36. The van der Waals surface area contributed by atoms with Crippen molar-refractivity contribution in [2.24, 2.45) is 0 Å². The molecule has 7 heteroatoms. The first-order valence-corrected chi connectivity index (χ1v) is 6.81. The zero-order valence-electron chi connectivity index (χ0n) is 11.3. The van der Waals surface area contributed by atoms with Gasteiger partial charge in [-0.2, -0.15) is 0 Å². The maximum absolute atomic E-state index is 12.0. The molecule has 20 heavy (non-hydrogen) atoms. The Balaban J connectivity index is 2.62. The van der Waals surface area contributed by atoms with Crippen molar-refractivity contribution in [3.8, 4) is 0 Å². The Hall–Kier alpha value is -1.46. The van der Waals surface area contributed by atoms with Crippen molar-refractivity contribution in [2.45, 2.75) is 13.3 Å². The van der Waals surface area contributed by atoms with Crippen LogP contribution in [0, 0.1) is 0 Å². The van der Waals surface area contributed by atoms with Gasteiger partial charge in [0, 0.05) is 18.8 Å². The molecule has 0 spiro atoms. The smallest absolute Gasteiger partial charge is 0.321 e. The largest absolute Gasteiger partial charge is 0.469 e. The molecule has 0 bridgehead atoms. The summed E-state index contributed by atoms with van der Waals surface area (Å²) in [5.41, 5.74) is 0.543. The molecule has 0 aromatic heterocycles. The fourth-order valence-corrected chi connectivity index (χ4v) is 1.81. The number of carbonyl (C=O) groups is 2. The average molecular weight is 319 g/mol. The van der Waals surface area contributed by atoms with Gasteiger partial charge in [-0.15, -0.1) is 0 Å². The summed E-state index contributed by atoms with van der Waals surface area (Å²) in [6, 6.07) is 4.51. The molecule has 0 saturated heterocycles. The van der Waals surface area contributed by atoms with Crippen molar-refractivity contribution >= 4 is 40.9 Å². The van der Waals surface area contributed by atoms with Crippen LogP contribution >= 0.6 is 23.2 Å². The highest BCUT2D eigenvalue weighted by Crippen LogP contribution is 2.25. The molecular formula is C13H16Cl2N2O3. The van der Waals surface area contributed by atoms with Crippen molar-refractivity contribution in [2.75, 3.05) is 25.5 Å². The molecule has 5 nitrogen and oxygen atoms in total. The monoisotopic (exact) mass is 318 g/mol. The first-order valence-electron chi connectivity index (χ1n) is 6.05. The minimum Gasteiger partial charge on any atom is -0.469 e. The molecular weight excluding hydrogens is 303 g/mol. The van der Waals surface area contributed by atoms with E-state index >= 15 is 0 Å². The molecule has 0 aliphatic heterocycles. The lowest BCUT2D eigenvalue weighted by atomic mass is 10.3. The minimum atomic E-state index is -0.356. The zero-order valence-corrected chi connectivity index (χ0v) is 12.8. The predicted molar refractivity (Wildman–Crippen MR) is 79.4 cm³/mol. The van der Waals surface area contributed by atoms with Gasteiger partial charge in [0.1, 0.15) is 0 Å². The summed E-state index contributed by atoms with van der Waals surface area (Å²) < 4.78 is 4.54. The van der Waals surface area contributed by atoms with E-state index in [-0.39, 0.29) is 25.0 Å². The topological polar surface area (TPSA) is 58.6 Å². The van der Waals surface area contributed by atoms with E-state index in [4.69, 9.17) is 23.2 Å². The summed E-state index contributed by atoms with van der Waals surface area (Å²) in [6.07, 6.45) is 0.152. The first-order chi connectivity index (χ1) is 9.47. The molecule has 1 aromatic carbocycles. The van der Waals surface area contributed by atoms with Gasteiger partial charge >= 0.3 is 12.0 Å². The summed E-state index contributed by atoms with van der Waals surface area (Å²) in [5.74, 6) is -0.356. The van der Waals surface area contributed by atoms with Crippen molar-refractivity contribution < 1.29 is 14.3 Å². The number of hydrogen-bond donors (Lipinski definition) is 1. The Morgan fingerprint density at radius 1 is 1.30 bits per heavy atom. The van der Waals surface area contributed by atoms with Crippen LogP contribution in [0.3, 0.4) is 0 Å². The number of nitrogens with zero attached hydrogens (tertiary/aromatic N) is 1. The average Bonchev–Trinajstić information content (AvgIpc) is 2.43. The van der Waals surface area contributed by atoms with Gasteiger partial charge in [0.2, 0.25) is 0 Å². The van der Waals surface area contributed by atoms with Crippen LogP contribution in [0.5, 0.6) is 0 Å². The number of halogens is 2. The quantitative estimate of drug-likeness (QED) is 0.846. The molecule has 1 rings (SSSR count). The molecule has 0 heterocycles. The third-order valence-electron chi connectivity index (χ3n) is 2.65. The number of benzene rings is 1. The number of methoxy groups -OCH3 is 1. The van der Waals surface area contributed by atoms with Crippen LogP contribution in [-0.2, 0) is 9.53 Å². The molecule has 110 valence electrons. The van der Waals surface area contributed by atoms with Crippen molar-refractivity contribution in [1.29, 1.82) is 0 Å². The van der Waals surface area contributed by atoms with Gasteiger partial charge in [-0.05, 0) is 25.1 Å². The van der Waals surface area contributed by atoms with Gasteiger partial charge in [-0.25, -0.2) is 4.79 Å². The van der Waals surface area contributed by atoms with Crippen LogP contribution in [0.1, 0.15) is 13.3 Å². The van der Waals surface area contributed by atoms with Gasteiger partial charge < -0.3 is 15.0 Å². The summed E-state index contributed by atoms with van der Waals surface area (Å²) in [7, 11) is 1.31. The number of amides is 2. The SMILES string of the molecule is CCN(CCC(=O)OC)C(=O)Nc1ccc(Cl)c(Cl)c1. The van der Waals surface area contributed by atoms with Crippen LogP contribution in [0.2, 0.25) is 10.0 Å². The predicted octanol–water partition coefficient (Wildman–Crippen LogP) is 3.41. The highest BCUT2D eigenvalue weighted by atomic mass is 35.5. The molecule has 0 radical (unpaired) electrons. The lowest BCUT2D eigenvalue weighted by molar-refractivity contribution is -0.140. The van der Waals surface area contributed by atoms with Crippen molar-refractivity contribution in [3.63, 3.8) is 0 Å². The molecule has 0 saturated carbocycles. The summed E-state index contributed by atoms with van der Waals surface area (Å²) in [5, 5.41) is 3.48. The van der Waals surface area contributed by atoms with Crippen LogP contribution in [0.25, 0.3) is 0 Å². The third-order valence-corrected chi connectivity index (χ3v) is 3.39. The molecule has 0 aliphatic carbocycles. The highest BCUT2D eigenvalue weighted by molar-refractivity contribution is 6.42. The maximum atomic E-state index is 12.0. The number of anilines is 1. The molecule has 0 unspecified atom stereocenters. The normalized spacial score (nSPS) is 10.0. The first kappa shape index (κ1) is 16.6. The number of carbonyl (C=O) groups excluding carboxylic acids is 2. The molecule has 0 fully saturated rings. The Kier molecular flexibility index (Phi) is 6.61. The number of nitrogens with one attached hydrogen (secondary N) is 1. The second-order valence-corrected chi connectivity index (χ2v) is 4.78. The second kappa shape index (κ2) is 7.97. The molecule has 1 aromatic rings. The summed E-state index contributed by atoms with van der Waals surface area (Å²) >= 11 is 11.7. The fraction of sp³-hybridized carbons (Fsp3) is 0.385.